The standard InChI is InChI=1S/C12H16BrNO6S/c1-19-9(6-12(15)16)7-14-21(17,18)11-5-8(13)3-4-10(11)20-2/h3-5,9,14H,6-7H2,1-2H3,(H,15,16). The predicted octanol–water partition coefficient (Wildman–Crippen LogP) is 1.23. The van der Waals surface area contributed by atoms with Gasteiger partial charge in [-0.2, -0.15) is 0 Å². The second kappa shape index (κ2) is 7.74. The Balaban J connectivity index is 2.91. The monoisotopic (exact) mass is 381 g/mol. The van der Waals surface area contributed by atoms with Crippen LogP contribution in [0.3, 0.4) is 0 Å². The van der Waals surface area contributed by atoms with E-state index in [0.29, 0.717) is 4.47 Å². The van der Waals surface area contributed by atoms with E-state index in [9.17, 15) is 13.2 Å². The Kier molecular flexibility index (Phi) is 6.59. The molecule has 0 aliphatic heterocycles. The second-order valence-corrected chi connectivity index (χ2v) is 6.75. The van der Waals surface area contributed by atoms with Gasteiger partial charge in [0.05, 0.1) is 19.6 Å². The maximum Gasteiger partial charge on any atom is 0.306 e. The lowest BCUT2D eigenvalue weighted by Gasteiger charge is -2.15. The molecule has 21 heavy (non-hydrogen) atoms. The van der Waals surface area contributed by atoms with Crippen molar-refractivity contribution >= 4 is 31.9 Å². The third-order valence-corrected chi connectivity index (χ3v) is 4.59. The molecule has 1 aromatic carbocycles. The minimum absolute atomic E-state index is 0.0375. The Hall–Kier alpha value is -1.16. The van der Waals surface area contributed by atoms with E-state index in [1.807, 2.05) is 0 Å². The van der Waals surface area contributed by atoms with Gasteiger partial charge in [-0.15, -0.1) is 0 Å². The molecular formula is C12H16BrNO6S. The van der Waals surface area contributed by atoms with E-state index < -0.39 is 22.1 Å². The zero-order valence-electron chi connectivity index (χ0n) is 11.5. The Morgan fingerprint density at radius 1 is 1.43 bits per heavy atom. The van der Waals surface area contributed by atoms with Gasteiger partial charge in [0.25, 0.3) is 0 Å². The second-order valence-electron chi connectivity index (χ2n) is 4.10. The summed E-state index contributed by atoms with van der Waals surface area (Å²) in [5.74, 6) is -0.876. The largest absolute Gasteiger partial charge is 0.495 e. The number of ether oxygens (including phenoxy) is 2. The van der Waals surface area contributed by atoms with Crippen molar-refractivity contribution < 1.29 is 27.8 Å². The van der Waals surface area contributed by atoms with Gasteiger partial charge < -0.3 is 14.6 Å². The molecule has 0 aromatic heterocycles. The van der Waals surface area contributed by atoms with Crippen LogP contribution < -0.4 is 9.46 Å². The smallest absolute Gasteiger partial charge is 0.306 e. The summed E-state index contributed by atoms with van der Waals surface area (Å²) in [7, 11) is -1.16. The van der Waals surface area contributed by atoms with Gasteiger partial charge in [0.15, 0.2) is 0 Å². The number of aliphatic carboxylic acids is 1. The first-order chi connectivity index (χ1) is 9.80. The average molecular weight is 382 g/mol. The fourth-order valence-electron chi connectivity index (χ4n) is 1.57. The van der Waals surface area contributed by atoms with Crippen LogP contribution in [0.4, 0.5) is 0 Å². The Morgan fingerprint density at radius 3 is 2.62 bits per heavy atom. The van der Waals surface area contributed by atoms with E-state index in [1.54, 1.807) is 6.07 Å². The summed E-state index contributed by atoms with van der Waals surface area (Å²) in [5, 5.41) is 8.70. The first-order valence-electron chi connectivity index (χ1n) is 5.88. The number of halogens is 1. The number of methoxy groups -OCH3 is 2. The molecule has 1 aromatic rings. The van der Waals surface area contributed by atoms with Crippen molar-refractivity contribution in [1.82, 2.24) is 4.72 Å². The molecule has 0 spiro atoms. The third-order valence-electron chi connectivity index (χ3n) is 2.65. The molecule has 0 saturated heterocycles. The fraction of sp³-hybridized carbons (Fsp3) is 0.417. The highest BCUT2D eigenvalue weighted by Crippen LogP contribution is 2.27. The maximum absolute atomic E-state index is 12.3. The third kappa shape index (κ3) is 5.27. The number of benzene rings is 1. The molecule has 0 radical (unpaired) electrons. The zero-order chi connectivity index (χ0) is 16.0. The minimum atomic E-state index is -3.84. The molecule has 1 unspecified atom stereocenters. The number of hydrogen-bond acceptors (Lipinski definition) is 5. The van der Waals surface area contributed by atoms with Gasteiger partial charge in [-0.3, -0.25) is 4.79 Å². The van der Waals surface area contributed by atoms with Crippen molar-refractivity contribution in [3.05, 3.63) is 22.7 Å². The number of rotatable bonds is 8. The van der Waals surface area contributed by atoms with Crippen LogP contribution in [0.5, 0.6) is 5.75 Å². The predicted molar refractivity (Wildman–Crippen MR) is 78.9 cm³/mol. The molecule has 9 heteroatoms. The zero-order valence-corrected chi connectivity index (χ0v) is 13.9. The van der Waals surface area contributed by atoms with Crippen molar-refractivity contribution in [2.75, 3.05) is 20.8 Å². The lowest BCUT2D eigenvalue weighted by Crippen LogP contribution is -2.34. The molecule has 2 N–H and O–H groups in total. The van der Waals surface area contributed by atoms with Crippen molar-refractivity contribution in [1.29, 1.82) is 0 Å². The highest BCUT2D eigenvalue weighted by Gasteiger charge is 2.22. The first kappa shape index (κ1) is 17.9. The van der Waals surface area contributed by atoms with Crippen LogP contribution in [-0.2, 0) is 19.6 Å². The van der Waals surface area contributed by atoms with E-state index in [0.717, 1.165) is 0 Å². The molecule has 0 saturated carbocycles. The molecule has 0 fully saturated rings. The van der Waals surface area contributed by atoms with Crippen LogP contribution in [0.1, 0.15) is 6.42 Å². The Morgan fingerprint density at radius 2 is 2.10 bits per heavy atom. The summed E-state index contributed by atoms with van der Waals surface area (Å²) >= 11 is 3.19. The van der Waals surface area contributed by atoms with Gasteiger partial charge in [0.2, 0.25) is 10.0 Å². The van der Waals surface area contributed by atoms with Crippen molar-refractivity contribution in [3.63, 3.8) is 0 Å². The summed E-state index contributed by atoms with van der Waals surface area (Å²) in [6.45, 7) is -0.152. The van der Waals surface area contributed by atoms with E-state index in [-0.39, 0.29) is 23.6 Å². The molecule has 0 amide bonds. The topological polar surface area (TPSA) is 102 Å². The number of hydrogen-bond donors (Lipinski definition) is 2. The fourth-order valence-corrected chi connectivity index (χ4v) is 3.35. The van der Waals surface area contributed by atoms with E-state index in [1.165, 1.54) is 26.4 Å². The van der Waals surface area contributed by atoms with Gasteiger partial charge >= 0.3 is 5.97 Å². The van der Waals surface area contributed by atoms with Gasteiger partial charge in [-0.1, -0.05) is 15.9 Å². The molecular weight excluding hydrogens is 366 g/mol. The number of carboxylic acid groups (broad SMARTS) is 1. The van der Waals surface area contributed by atoms with Gasteiger partial charge in [0, 0.05) is 18.1 Å². The van der Waals surface area contributed by atoms with Gasteiger partial charge in [0.1, 0.15) is 10.6 Å². The Labute approximate surface area is 131 Å². The number of carboxylic acids is 1. The average Bonchev–Trinajstić information content (AvgIpc) is 2.43. The van der Waals surface area contributed by atoms with Crippen LogP contribution in [0.15, 0.2) is 27.6 Å². The summed E-state index contributed by atoms with van der Waals surface area (Å²) < 4.78 is 37.4. The molecule has 1 rings (SSSR count). The molecule has 0 aliphatic carbocycles. The molecule has 7 nitrogen and oxygen atoms in total. The quantitative estimate of drug-likeness (QED) is 0.701. The SMILES string of the molecule is COc1ccc(Br)cc1S(=O)(=O)NCC(CC(=O)O)OC. The van der Waals surface area contributed by atoms with Crippen LogP contribution >= 0.6 is 15.9 Å². The van der Waals surface area contributed by atoms with Gasteiger partial charge in [-0.05, 0) is 18.2 Å². The normalized spacial score (nSPS) is 12.9. The highest BCUT2D eigenvalue weighted by molar-refractivity contribution is 9.10. The molecule has 0 heterocycles. The van der Waals surface area contributed by atoms with Gasteiger partial charge in [-0.25, -0.2) is 13.1 Å². The summed E-state index contributed by atoms with van der Waals surface area (Å²) in [5.41, 5.74) is 0. The Bertz CT molecular complexity index is 604. The number of sulfonamides is 1. The van der Waals surface area contributed by atoms with Crippen LogP contribution in [0, 0.1) is 0 Å². The van der Waals surface area contributed by atoms with E-state index >= 15 is 0 Å². The summed E-state index contributed by atoms with van der Waals surface area (Å²) in [4.78, 5) is 10.6. The maximum atomic E-state index is 12.3. The van der Waals surface area contributed by atoms with Crippen molar-refractivity contribution in [2.45, 2.75) is 17.4 Å². The summed E-state index contributed by atoms with van der Waals surface area (Å²) in [6, 6.07) is 4.57. The lowest BCUT2D eigenvalue weighted by molar-refractivity contribution is -0.139. The van der Waals surface area contributed by atoms with Crippen LogP contribution in [-0.4, -0.2) is 46.4 Å². The molecule has 1 atom stereocenters. The number of nitrogens with one attached hydrogen (secondary N) is 1. The molecule has 0 aliphatic rings. The van der Waals surface area contributed by atoms with Crippen molar-refractivity contribution in [3.8, 4) is 5.75 Å². The summed E-state index contributed by atoms with van der Waals surface area (Å²) in [6.07, 6.45) is -1.05. The molecule has 0 bridgehead atoms. The lowest BCUT2D eigenvalue weighted by atomic mass is 10.2. The number of carbonyl (C=O) groups is 1. The van der Waals surface area contributed by atoms with Crippen LogP contribution in [0.25, 0.3) is 0 Å². The first-order valence-corrected chi connectivity index (χ1v) is 8.15. The van der Waals surface area contributed by atoms with Crippen LogP contribution in [0.2, 0.25) is 0 Å². The highest BCUT2D eigenvalue weighted by atomic mass is 79.9. The van der Waals surface area contributed by atoms with E-state index in [2.05, 4.69) is 20.7 Å². The van der Waals surface area contributed by atoms with Crippen molar-refractivity contribution in [2.24, 2.45) is 0 Å². The minimum Gasteiger partial charge on any atom is -0.495 e. The molecule has 118 valence electrons. The van der Waals surface area contributed by atoms with E-state index in [4.69, 9.17) is 14.6 Å².